The topological polar surface area (TPSA) is 142 Å². The van der Waals surface area contributed by atoms with Gasteiger partial charge in [-0.3, -0.25) is 24.0 Å². The predicted octanol–water partition coefficient (Wildman–Crippen LogP) is 3.33. The monoisotopic (exact) mass is 609 g/mol. The van der Waals surface area contributed by atoms with E-state index in [1.165, 1.54) is 4.90 Å². The van der Waals surface area contributed by atoms with Crippen LogP contribution in [0.15, 0.2) is 30.3 Å². The van der Waals surface area contributed by atoms with Crippen LogP contribution in [0.3, 0.4) is 0 Å². The summed E-state index contributed by atoms with van der Waals surface area (Å²) in [6.45, 7) is 4.86. The van der Waals surface area contributed by atoms with Gasteiger partial charge in [0.05, 0.1) is 6.42 Å². The van der Waals surface area contributed by atoms with E-state index in [2.05, 4.69) is 15.4 Å². The molecule has 0 bridgehead atoms. The third-order valence-corrected chi connectivity index (χ3v) is 6.85. The number of halogens is 4. The minimum Gasteiger partial charge on any atom is -0.481 e. The van der Waals surface area contributed by atoms with Crippen molar-refractivity contribution < 1.29 is 51.4 Å². The van der Waals surface area contributed by atoms with Gasteiger partial charge in [-0.25, -0.2) is 8.78 Å². The summed E-state index contributed by atoms with van der Waals surface area (Å²) in [5, 5.41) is 14.0. The fraction of sp³-hybridized carbons (Fsp3) is 0.414. The van der Waals surface area contributed by atoms with Gasteiger partial charge in [0.25, 0.3) is 0 Å². The molecule has 10 nitrogen and oxygen atoms in total. The summed E-state index contributed by atoms with van der Waals surface area (Å²) in [6.07, 6.45) is -0.730. The van der Waals surface area contributed by atoms with Gasteiger partial charge in [-0.2, -0.15) is 8.78 Å². The number of nitrogens with one attached hydrogen (secondary N) is 2. The Balaban J connectivity index is 1.56. The molecule has 3 rings (SSSR count). The molecule has 0 spiro atoms. The Labute approximate surface area is 244 Å². The Bertz CT molecular complexity index is 1390. The molecule has 1 fully saturated rings. The van der Waals surface area contributed by atoms with Gasteiger partial charge >= 0.3 is 17.8 Å². The summed E-state index contributed by atoms with van der Waals surface area (Å²) in [4.78, 5) is 63.2. The zero-order valence-corrected chi connectivity index (χ0v) is 23.6. The number of ether oxygens (including phenoxy) is 1. The number of carboxylic acids is 1. The van der Waals surface area contributed by atoms with Crippen LogP contribution in [0.4, 0.5) is 23.2 Å². The van der Waals surface area contributed by atoms with Gasteiger partial charge in [-0.15, -0.1) is 0 Å². The minimum atomic E-state index is -1.89. The van der Waals surface area contributed by atoms with E-state index in [1.54, 1.807) is 18.2 Å². The van der Waals surface area contributed by atoms with Crippen LogP contribution in [0, 0.1) is 29.2 Å². The van der Waals surface area contributed by atoms with Gasteiger partial charge in [-0.05, 0) is 36.0 Å². The van der Waals surface area contributed by atoms with Crippen LogP contribution in [0.1, 0.15) is 45.6 Å². The molecule has 2 aromatic carbocycles. The average molecular weight is 610 g/mol. The van der Waals surface area contributed by atoms with Crippen molar-refractivity contribution in [2.45, 2.75) is 51.5 Å². The first-order chi connectivity index (χ1) is 20.1. The van der Waals surface area contributed by atoms with Crippen molar-refractivity contribution in [3.8, 4) is 5.75 Å². The first-order valence-electron chi connectivity index (χ1n) is 13.3. The number of anilines is 1. The number of ketones is 1. The maximum atomic E-state index is 13.8. The minimum absolute atomic E-state index is 0.0245. The summed E-state index contributed by atoms with van der Waals surface area (Å²) in [6, 6.07) is 5.34. The smallest absolute Gasteiger partial charge is 0.313 e. The van der Waals surface area contributed by atoms with E-state index in [4.69, 9.17) is 5.11 Å². The number of benzene rings is 2. The third kappa shape index (κ3) is 8.52. The number of nitrogens with zero attached hydrogens (tertiary/aromatic N) is 1. The van der Waals surface area contributed by atoms with E-state index in [-0.39, 0.29) is 37.4 Å². The van der Waals surface area contributed by atoms with Crippen LogP contribution in [0.25, 0.3) is 0 Å². The number of rotatable bonds is 9. The van der Waals surface area contributed by atoms with E-state index in [0.717, 1.165) is 5.56 Å². The lowest BCUT2D eigenvalue weighted by molar-refractivity contribution is -0.145. The second-order valence-corrected chi connectivity index (χ2v) is 11.1. The number of Topliss-reactive ketones (excluding diaryl/α,β-unsaturated/α-hetero) is 1. The van der Waals surface area contributed by atoms with Gasteiger partial charge in [0.1, 0.15) is 12.6 Å². The molecule has 1 aliphatic heterocycles. The summed E-state index contributed by atoms with van der Waals surface area (Å²) >= 11 is 0. The SMILES string of the molecule is CC(C)(C)c1cccc(NC(=O)C(=O)N2CCC(C(=O)NC(CC(=O)O)C(=O)COc3c(F)c(F)cc(F)c3F)CC2)c1. The molecule has 3 N–H and O–H groups in total. The Hall–Kier alpha value is -4.49. The highest BCUT2D eigenvalue weighted by Crippen LogP contribution is 2.27. The Morgan fingerprint density at radius 1 is 1.00 bits per heavy atom. The second-order valence-electron chi connectivity index (χ2n) is 11.1. The van der Waals surface area contributed by atoms with Crippen LogP contribution in [0.2, 0.25) is 0 Å². The lowest BCUT2D eigenvalue weighted by atomic mass is 9.87. The number of piperidine rings is 1. The highest BCUT2D eigenvalue weighted by atomic mass is 19.2. The van der Waals surface area contributed by atoms with Gasteiger partial charge in [0.15, 0.2) is 23.2 Å². The van der Waals surface area contributed by atoms with Crippen molar-refractivity contribution in [2.24, 2.45) is 5.92 Å². The van der Waals surface area contributed by atoms with Crippen molar-refractivity contribution in [2.75, 3.05) is 25.0 Å². The lowest BCUT2D eigenvalue weighted by Crippen LogP contribution is -2.50. The van der Waals surface area contributed by atoms with Crippen LogP contribution >= 0.6 is 0 Å². The van der Waals surface area contributed by atoms with Gasteiger partial charge in [0.2, 0.25) is 17.5 Å². The largest absolute Gasteiger partial charge is 0.481 e. The second kappa shape index (κ2) is 13.7. The summed E-state index contributed by atoms with van der Waals surface area (Å²) in [5.74, 6) is -14.6. The molecule has 43 heavy (non-hydrogen) atoms. The van der Waals surface area contributed by atoms with Crippen LogP contribution in [0.5, 0.6) is 5.75 Å². The number of carboxylic acid groups (broad SMARTS) is 1. The third-order valence-electron chi connectivity index (χ3n) is 6.85. The summed E-state index contributed by atoms with van der Waals surface area (Å²) < 4.78 is 59.1. The number of aliphatic carboxylic acids is 1. The van der Waals surface area contributed by atoms with E-state index >= 15 is 0 Å². The highest BCUT2D eigenvalue weighted by Gasteiger charge is 2.33. The first-order valence-corrected chi connectivity index (χ1v) is 13.3. The zero-order chi connectivity index (χ0) is 32.1. The molecule has 1 saturated heterocycles. The summed E-state index contributed by atoms with van der Waals surface area (Å²) in [5.41, 5.74) is 1.23. The molecule has 2 aromatic rings. The summed E-state index contributed by atoms with van der Waals surface area (Å²) in [7, 11) is 0. The molecule has 232 valence electrons. The fourth-order valence-corrected chi connectivity index (χ4v) is 4.37. The number of likely N-dealkylation sites (tertiary alicyclic amines) is 1. The van der Waals surface area contributed by atoms with Crippen LogP contribution in [-0.2, 0) is 29.4 Å². The quantitative estimate of drug-likeness (QED) is 0.225. The molecule has 0 aromatic heterocycles. The Morgan fingerprint density at radius 3 is 2.16 bits per heavy atom. The molecule has 1 heterocycles. The number of hydrogen-bond donors (Lipinski definition) is 3. The Kier molecular flexibility index (Phi) is 10.5. The van der Waals surface area contributed by atoms with Gasteiger partial charge in [0, 0.05) is 30.8 Å². The van der Waals surface area contributed by atoms with E-state index in [9.17, 15) is 41.5 Å². The maximum Gasteiger partial charge on any atom is 0.313 e. The molecule has 3 amide bonds. The van der Waals surface area contributed by atoms with Crippen molar-refractivity contribution in [1.82, 2.24) is 10.2 Å². The molecular formula is C29H31F4N3O7. The molecule has 1 unspecified atom stereocenters. The Morgan fingerprint density at radius 2 is 1.60 bits per heavy atom. The molecule has 14 heteroatoms. The van der Waals surface area contributed by atoms with Crippen molar-refractivity contribution in [1.29, 1.82) is 0 Å². The van der Waals surface area contributed by atoms with Gasteiger partial charge in [-0.1, -0.05) is 32.9 Å². The van der Waals surface area contributed by atoms with Crippen LogP contribution in [-0.4, -0.2) is 65.2 Å². The molecule has 0 aliphatic carbocycles. The number of carbonyl (C=O) groups excluding carboxylic acids is 4. The first kappa shape index (κ1) is 33.0. The van der Waals surface area contributed by atoms with Crippen molar-refractivity contribution in [3.05, 3.63) is 59.2 Å². The molecule has 1 aliphatic rings. The van der Waals surface area contributed by atoms with E-state index < -0.39 is 83.5 Å². The molecule has 0 radical (unpaired) electrons. The number of carbonyl (C=O) groups is 5. The van der Waals surface area contributed by atoms with Crippen LogP contribution < -0.4 is 15.4 Å². The average Bonchev–Trinajstić information content (AvgIpc) is 2.94. The standard InChI is InChI=1S/C29H31F4N3O7/c1-29(2,3)16-5-4-6-17(11-16)34-27(41)28(42)36-9-7-15(8-10-36)26(40)35-20(13-22(38)39)21(37)14-43-25-23(32)18(30)12-19(31)24(25)33/h4-6,11-12,15,20H,7-10,13-14H2,1-3H3,(H,34,41)(H,35,40)(H,38,39). The van der Waals surface area contributed by atoms with Gasteiger partial charge < -0.3 is 25.4 Å². The van der Waals surface area contributed by atoms with E-state index in [1.807, 2.05) is 26.8 Å². The fourth-order valence-electron chi connectivity index (χ4n) is 4.37. The predicted molar refractivity (Wildman–Crippen MR) is 144 cm³/mol. The van der Waals surface area contributed by atoms with Crippen molar-refractivity contribution in [3.63, 3.8) is 0 Å². The molecule has 1 atom stereocenters. The normalized spacial score (nSPS) is 14.5. The highest BCUT2D eigenvalue weighted by molar-refractivity contribution is 6.39. The molecular weight excluding hydrogens is 578 g/mol. The molecule has 0 saturated carbocycles. The van der Waals surface area contributed by atoms with E-state index in [0.29, 0.717) is 5.69 Å². The van der Waals surface area contributed by atoms with Crippen molar-refractivity contribution >= 4 is 35.2 Å². The lowest BCUT2D eigenvalue weighted by Gasteiger charge is -2.31. The number of amides is 3. The zero-order valence-electron chi connectivity index (χ0n) is 23.6. The number of hydrogen-bond acceptors (Lipinski definition) is 6. The maximum absolute atomic E-state index is 13.8.